The smallest absolute Gasteiger partial charge is 0.0618 e. The normalized spacial score (nSPS) is 32.1. The Morgan fingerprint density at radius 3 is 2.11 bits per heavy atom. The molecule has 18 heavy (non-hydrogen) atoms. The molecule has 1 aromatic carbocycles. The van der Waals surface area contributed by atoms with Crippen molar-refractivity contribution in [2.45, 2.75) is 50.8 Å². The van der Waals surface area contributed by atoms with E-state index >= 15 is 0 Å². The van der Waals surface area contributed by atoms with Crippen LogP contribution in [0.15, 0.2) is 24.3 Å². The van der Waals surface area contributed by atoms with Gasteiger partial charge in [0.15, 0.2) is 0 Å². The minimum atomic E-state index is 0.233. The second kappa shape index (κ2) is 4.27. The lowest BCUT2D eigenvalue weighted by atomic mass is 9.86. The molecule has 2 aliphatic rings. The largest absolute Gasteiger partial charge is 0.117 e. The molecule has 0 bridgehead atoms. The van der Waals surface area contributed by atoms with E-state index in [0.717, 1.165) is 17.8 Å². The monoisotopic (exact) mass is 262 g/mol. The molecule has 3 unspecified atom stereocenters. The Labute approximate surface area is 116 Å². The van der Waals surface area contributed by atoms with Crippen LogP contribution in [0.5, 0.6) is 0 Å². The van der Waals surface area contributed by atoms with Crippen molar-refractivity contribution in [2.24, 2.45) is 17.8 Å². The maximum Gasteiger partial charge on any atom is 0.0618 e. The second-order valence-electron chi connectivity index (χ2n) is 7.11. The molecule has 0 N–H and O–H groups in total. The first kappa shape index (κ1) is 12.5. The molecule has 1 heteroatoms. The molecule has 2 aliphatic carbocycles. The van der Waals surface area contributed by atoms with Crippen LogP contribution in [0.4, 0.5) is 0 Å². The van der Waals surface area contributed by atoms with E-state index in [0.29, 0.717) is 0 Å². The highest BCUT2D eigenvalue weighted by atomic mass is 35.5. The zero-order chi connectivity index (χ0) is 12.9. The van der Waals surface area contributed by atoms with Gasteiger partial charge in [-0.3, -0.25) is 0 Å². The van der Waals surface area contributed by atoms with E-state index in [1.165, 1.54) is 30.4 Å². The Balaban J connectivity index is 1.73. The molecule has 0 amide bonds. The predicted octanol–water partition coefficient (Wildman–Crippen LogP) is 5.31. The van der Waals surface area contributed by atoms with Crippen LogP contribution in [-0.2, 0) is 5.41 Å². The summed E-state index contributed by atoms with van der Waals surface area (Å²) in [5.41, 5.74) is 2.95. The highest BCUT2D eigenvalue weighted by Gasteiger charge is 2.55. The van der Waals surface area contributed by atoms with Crippen molar-refractivity contribution in [3.63, 3.8) is 0 Å². The SMILES string of the molecule is CC(C)(C)c1ccc(C(Cl)C2C3CCCC32)cc1. The van der Waals surface area contributed by atoms with E-state index in [1.54, 1.807) is 0 Å². The summed E-state index contributed by atoms with van der Waals surface area (Å²) in [5, 5.41) is 0.245. The third kappa shape index (κ3) is 2.09. The van der Waals surface area contributed by atoms with Crippen molar-refractivity contribution >= 4 is 11.6 Å². The van der Waals surface area contributed by atoms with E-state index in [1.807, 2.05) is 0 Å². The Bertz CT molecular complexity index is 416. The van der Waals surface area contributed by atoms with E-state index in [9.17, 15) is 0 Å². The number of alkyl halides is 1. The fourth-order valence-corrected chi connectivity index (χ4v) is 4.22. The average molecular weight is 263 g/mol. The van der Waals surface area contributed by atoms with E-state index in [-0.39, 0.29) is 10.8 Å². The molecule has 0 nitrogen and oxygen atoms in total. The van der Waals surface area contributed by atoms with Gasteiger partial charge in [-0.25, -0.2) is 0 Å². The average Bonchev–Trinajstić information content (AvgIpc) is 2.80. The lowest BCUT2D eigenvalue weighted by Crippen LogP contribution is -2.11. The molecule has 0 aromatic heterocycles. The molecule has 0 radical (unpaired) electrons. The van der Waals surface area contributed by atoms with Crippen LogP contribution in [0.25, 0.3) is 0 Å². The fraction of sp³-hybridized carbons (Fsp3) is 0.647. The van der Waals surface area contributed by atoms with Crippen molar-refractivity contribution in [1.29, 1.82) is 0 Å². The van der Waals surface area contributed by atoms with E-state index < -0.39 is 0 Å². The number of rotatable bonds is 2. The third-order valence-corrected chi connectivity index (χ3v) is 5.45. The standard InChI is InChI=1S/C17H23Cl/c1-17(2,3)12-9-7-11(8-10-12)16(18)15-13-5-4-6-14(13)15/h7-10,13-16H,4-6H2,1-3H3. The van der Waals surface area contributed by atoms with Crippen LogP contribution in [-0.4, -0.2) is 0 Å². The number of halogens is 1. The van der Waals surface area contributed by atoms with Gasteiger partial charge < -0.3 is 0 Å². The van der Waals surface area contributed by atoms with Crippen molar-refractivity contribution in [1.82, 2.24) is 0 Å². The van der Waals surface area contributed by atoms with Gasteiger partial charge in [-0.2, -0.15) is 0 Å². The number of hydrogen-bond acceptors (Lipinski definition) is 0. The van der Waals surface area contributed by atoms with Gasteiger partial charge in [-0.05, 0) is 47.1 Å². The van der Waals surface area contributed by atoms with Crippen LogP contribution in [0.3, 0.4) is 0 Å². The van der Waals surface area contributed by atoms with Gasteiger partial charge in [-0.15, -0.1) is 11.6 Å². The van der Waals surface area contributed by atoms with Gasteiger partial charge in [0.1, 0.15) is 0 Å². The van der Waals surface area contributed by atoms with Gasteiger partial charge in [0.25, 0.3) is 0 Å². The lowest BCUT2D eigenvalue weighted by molar-refractivity contribution is 0.571. The van der Waals surface area contributed by atoms with Gasteiger partial charge >= 0.3 is 0 Å². The number of benzene rings is 1. The summed E-state index contributed by atoms with van der Waals surface area (Å²) in [6, 6.07) is 8.99. The van der Waals surface area contributed by atoms with Crippen molar-refractivity contribution in [3.05, 3.63) is 35.4 Å². The molecule has 1 aromatic rings. The Kier molecular flexibility index (Phi) is 2.97. The highest BCUT2D eigenvalue weighted by molar-refractivity contribution is 6.21. The predicted molar refractivity (Wildman–Crippen MR) is 78.1 cm³/mol. The second-order valence-corrected chi connectivity index (χ2v) is 7.58. The van der Waals surface area contributed by atoms with Gasteiger partial charge in [0.2, 0.25) is 0 Å². The summed E-state index contributed by atoms with van der Waals surface area (Å²) in [5.74, 6) is 2.64. The van der Waals surface area contributed by atoms with Crippen LogP contribution in [0, 0.1) is 17.8 Å². The molecule has 0 saturated heterocycles. The van der Waals surface area contributed by atoms with Gasteiger partial charge in [0, 0.05) is 0 Å². The molecule has 0 heterocycles. The molecule has 98 valence electrons. The fourth-order valence-electron chi connectivity index (χ4n) is 3.70. The van der Waals surface area contributed by atoms with Crippen LogP contribution in [0.2, 0.25) is 0 Å². The molecular weight excluding hydrogens is 240 g/mol. The van der Waals surface area contributed by atoms with Crippen LogP contribution in [0.1, 0.15) is 56.5 Å². The topological polar surface area (TPSA) is 0 Å². The Morgan fingerprint density at radius 1 is 1.06 bits per heavy atom. The van der Waals surface area contributed by atoms with E-state index in [2.05, 4.69) is 45.0 Å². The first-order chi connectivity index (χ1) is 8.48. The molecular formula is C17H23Cl. The third-order valence-electron chi connectivity index (χ3n) is 4.91. The highest BCUT2D eigenvalue weighted by Crippen LogP contribution is 2.63. The molecule has 3 atom stereocenters. The lowest BCUT2D eigenvalue weighted by Gasteiger charge is -2.20. The number of hydrogen-bond donors (Lipinski definition) is 0. The summed E-state index contributed by atoms with van der Waals surface area (Å²) < 4.78 is 0. The first-order valence-electron chi connectivity index (χ1n) is 7.23. The maximum atomic E-state index is 6.67. The summed E-state index contributed by atoms with van der Waals surface area (Å²) in [7, 11) is 0. The van der Waals surface area contributed by atoms with Crippen molar-refractivity contribution < 1.29 is 0 Å². The summed E-state index contributed by atoms with van der Waals surface area (Å²) >= 11 is 6.67. The van der Waals surface area contributed by atoms with E-state index in [4.69, 9.17) is 11.6 Å². The van der Waals surface area contributed by atoms with Crippen LogP contribution < -0.4 is 0 Å². The summed E-state index contributed by atoms with van der Waals surface area (Å²) in [4.78, 5) is 0. The number of fused-ring (bicyclic) bond motifs is 1. The zero-order valence-electron chi connectivity index (χ0n) is 11.6. The molecule has 2 saturated carbocycles. The van der Waals surface area contributed by atoms with Gasteiger partial charge in [-0.1, -0.05) is 51.5 Å². The Hall–Kier alpha value is -0.490. The molecule has 2 fully saturated rings. The van der Waals surface area contributed by atoms with Gasteiger partial charge in [0.05, 0.1) is 5.38 Å². The summed E-state index contributed by atoms with van der Waals surface area (Å²) in [6.45, 7) is 6.77. The zero-order valence-corrected chi connectivity index (χ0v) is 12.4. The first-order valence-corrected chi connectivity index (χ1v) is 7.66. The maximum absolute atomic E-state index is 6.67. The molecule has 3 rings (SSSR count). The van der Waals surface area contributed by atoms with Crippen molar-refractivity contribution in [3.8, 4) is 0 Å². The summed E-state index contributed by atoms with van der Waals surface area (Å²) in [6.07, 6.45) is 4.26. The molecule has 0 aliphatic heterocycles. The van der Waals surface area contributed by atoms with Crippen molar-refractivity contribution in [2.75, 3.05) is 0 Å². The molecule has 0 spiro atoms. The minimum Gasteiger partial charge on any atom is -0.117 e. The Morgan fingerprint density at radius 2 is 1.61 bits per heavy atom. The van der Waals surface area contributed by atoms with Crippen LogP contribution >= 0.6 is 11.6 Å². The minimum absolute atomic E-state index is 0.233. The quantitative estimate of drug-likeness (QED) is 0.634.